The van der Waals surface area contributed by atoms with Crippen molar-refractivity contribution in [1.82, 2.24) is 0 Å². The van der Waals surface area contributed by atoms with Crippen LogP contribution in [0.3, 0.4) is 0 Å². The van der Waals surface area contributed by atoms with Crippen LogP contribution in [0.15, 0.2) is 30.3 Å². The van der Waals surface area contributed by atoms with E-state index in [0.29, 0.717) is 5.56 Å². The van der Waals surface area contributed by atoms with Crippen molar-refractivity contribution in [1.29, 1.82) is 0 Å². The summed E-state index contributed by atoms with van der Waals surface area (Å²) in [7, 11) is 1.27. The zero-order valence-electron chi connectivity index (χ0n) is 10.4. The number of carbonyl (C=O) groups is 2. The second kappa shape index (κ2) is 6.31. The molecule has 19 heavy (non-hydrogen) atoms. The van der Waals surface area contributed by atoms with Crippen LogP contribution in [-0.2, 0) is 23.7 Å². The van der Waals surface area contributed by atoms with Gasteiger partial charge < -0.3 is 18.9 Å². The van der Waals surface area contributed by atoms with Gasteiger partial charge in [0.25, 0.3) is 0 Å². The largest absolute Gasteiger partial charge is 0.467 e. The Bertz CT molecular complexity index is 444. The van der Waals surface area contributed by atoms with E-state index in [1.807, 2.05) is 0 Å². The van der Waals surface area contributed by atoms with Crippen molar-refractivity contribution >= 4 is 11.9 Å². The van der Waals surface area contributed by atoms with Gasteiger partial charge in [0.1, 0.15) is 6.61 Å². The average Bonchev–Trinajstić information content (AvgIpc) is 2.93. The van der Waals surface area contributed by atoms with Gasteiger partial charge in [-0.05, 0) is 12.1 Å². The number of hydrogen-bond acceptors (Lipinski definition) is 6. The lowest BCUT2D eigenvalue weighted by atomic mass is 10.2. The Morgan fingerprint density at radius 2 is 2.05 bits per heavy atom. The van der Waals surface area contributed by atoms with Crippen LogP contribution in [0.1, 0.15) is 10.4 Å². The van der Waals surface area contributed by atoms with Crippen LogP contribution in [0, 0.1) is 0 Å². The van der Waals surface area contributed by atoms with Crippen molar-refractivity contribution < 1.29 is 28.5 Å². The number of methoxy groups -OCH3 is 1. The Labute approximate surface area is 110 Å². The molecule has 0 radical (unpaired) electrons. The van der Waals surface area contributed by atoms with E-state index >= 15 is 0 Å². The molecule has 1 aliphatic heterocycles. The molecule has 102 valence electrons. The van der Waals surface area contributed by atoms with Crippen molar-refractivity contribution in [3.05, 3.63) is 35.9 Å². The summed E-state index contributed by atoms with van der Waals surface area (Å²) in [6.07, 6.45) is -1.50. The van der Waals surface area contributed by atoms with Crippen molar-refractivity contribution in [2.45, 2.75) is 12.4 Å². The van der Waals surface area contributed by atoms with Gasteiger partial charge in [0, 0.05) is 0 Å². The van der Waals surface area contributed by atoms with Crippen LogP contribution in [-0.4, -0.2) is 44.7 Å². The Balaban J connectivity index is 1.78. The molecule has 0 spiro atoms. The SMILES string of the molecule is COC(=O)[C@@H]1COC(COC(=O)c2ccccc2)O1. The first-order valence-electron chi connectivity index (χ1n) is 5.78. The van der Waals surface area contributed by atoms with E-state index in [1.165, 1.54) is 7.11 Å². The van der Waals surface area contributed by atoms with E-state index in [9.17, 15) is 9.59 Å². The van der Waals surface area contributed by atoms with Gasteiger partial charge in [-0.3, -0.25) is 0 Å². The quantitative estimate of drug-likeness (QED) is 0.749. The molecule has 1 saturated heterocycles. The van der Waals surface area contributed by atoms with Crippen LogP contribution < -0.4 is 0 Å². The van der Waals surface area contributed by atoms with Crippen molar-refractivity contribution in [2.75, 3.05) is 20.3 Å². The Morgan fingerprint density at radius 3 is 2.74 bits per heavy atom. The minimum absolute atomic E-state index is 0.0682. The van der Waals surface area contributed by atoms with Crippen molar-refractivity contribution in [3.8, 4) is 0 Å². The Morgan fingerprint density at radius 1 is 1.32 bits per heavy atom. The molecule has 1 aromatic rings. The summed E-state index contributed by atoms with van der Waals surface area (Å²) in [6.45, 7) is 0.0292. The van der Waals surface area contributed by atoms with Gasteiger partial charge in [-0.25, -0.2) is 9.59 Å². The summed E-state index contributed by atoms with van der Waals surface area (Å²) in [6, 6.07) is 8.59. The predicted octanol–water partition coefficient (Wildman–Crippen LogP) is 0.758. The van der Waals surface area contributed by atoms with Gasteiger partial charge in [-0.1, -0.05) is 18.2 Å². The Hall–Kier alpha value is -1.92. The second-order valence-electron chi connectivity index (χ2n) is 3.88. The highest BCUT2D eigenvalue weighted by atomic mass is 16.7. The van der Waals surface area contributed by atoms with Crippen molar-refractivity contribution in [2.24, 2.45) is 0 Å². The van der Waals surface area contributed by atoms with Gasteiger partial charge in [0.05, 0.1) is 19.3 Å². The minimum Gasteiger partial charge on any atom is -0.467 e. The van der Waals surface area contributed by atoms with Gasteiger partial charge in [0.15, 0.2) is 12.4 Å². The van der Waals surface area contributed by atoms with Crippen LogP contribution in [0.5, 0.6) is 0 Å². The number of carbonyl (C=O) groups excluding carboxylic acids is 2. The molecule has 1 aromatic carbocycles. The topological polar surface area (TPSA) is 71.1 Å². The van der Waals surface area contributed by atoms with Crippen LogP contribution in [0.25, 0.3) is 0 Å². The number of rotatable bonds is 4. The lowest BCUT2D eigenvalue weighted by molar-refractivity contribution is -0.155. The summed E-state index contributed by atoms with van der Waals surface area (Å²) < 4.78 is 20.0. The van der Waals surface area contributed by atoms with Crippen LogP contribution in [0.2, 0.25) is 0 Å². The third-order valence-corrected chi connectivity index (χ3v) is 2.57. The molecule has 0 amide bonds. The highest BCUT2D eigenvalue weighted by Crippen LogP contribution is 2.13. The van der Waals surface area contributed by atoms with Gasteiger partial charge in [0.2, 0.25) is 0 Å². The zero-order chi connectivity index (χ0) is 13.7. The van der Waals surface area contributed by atoms with Gasteiger partial charge in [-0.2, -0.15) is 0 Å². The monoisotopic (exact) mass is 266 g/mol. The van der Waals surface area contributed by atoms with E-state index in [0.717, 1.165) is 0 Å². The lowest BCUT2D eigenvalue weighted by Gasteiger charge is -2.11. The molecule has 0 bridgehead atoms. The van der Waals surface area contributed by atoms with Crippen LogP contribution >= 0.6 is 0 Å². The zero-order valence-corrected chi connectivity index (χ0v) is 10.4. The van der Waals surface area contributed by atoms with E-state index < -0.39 is 24.3 Å². The molecule has 2 rings (SSSR count). The fourth-order valence-electron chi connectivity index (χ4n) is 1.60. The fraction of sp³-hybridized carbons (Fsp3) is 0.385. The normalized spacial score (nSPS) is 21.9. The first kappa shape index (κ1) is 13.5. The predicted molar refractivity (Wildman–Crippen MR) is 63.4 cm³/mol. The maximum Gasteiger partial charge on any atom is 0.338 e. The number of esters is 2. The van der Waals surface area contributed by atoms with E-state index in [1.54, 1.807) is 30.3 Å². The number of benzene rings is 1. The minimum atomic E-state index is -0.759. The average molecular weight is 266 g/mol. The highest BCUT2D eigenvalue weighted by molar-refractivity contribution is 5.89. The maximum absolute atomic E-state index is 11.6. The van der Waals surface area contributed by atoms with E-state index in [-0.39, 0.29) is 13.2 Å². The number of ether oxygens (including phenoxy) is 4. The molecule has 0 aliphatic carbocycles. The molecule has 1 unspecified atom stereocenters. The lowest BCUT2D eigenvalue weighted by Crippen LogP contribution is -2.26. The van der Waals surface area contributed by atoms with E-state index in [2.05, 4.69) is 4.74 Å². The number of hydrogen-bond donors (Lipinski definition) is 0. The molecular weight excluding hydrogens is 252 g/mol. The molecule has 2 atom stereocenters. The summed E-state index contributed by atoms with van der Waals surface area (Å²) >= 11 is 0. The highest BCUT2D eigenvalue weighted by Gasteiger charge is 2.33. The summed E-state index contributed by atoms with van der Waals surface area (Å²) in [4.78, 5) is 22.8. The fourth-order valence-corrected chi connectivity index (χ4v) is 1.60. The summed E-state index contributed by atoms with van der Waals surface area (Å²) in [5.74, 6) is -0.966. The molecular formula is C13H14O6. The molecule has 0 N–H and O–H groups in total. The molecule has 1 heterocycles. The smallest absolute Gasteiger partial charge is 0.338 e. The molecule has 1 fully saturated rings. The van der Waals surface area contributed by atoms with Gasteiger partial charge in [-0.15, -0.1) is 0 Å². The maximum atomic E-state index is 11.6. The van der Waals surface area contributed by atoms with E-state index in [4.69, 9.17) is 14.2 Å². The first-order valence-corrected chi connectivity index (χ1v) is 5.78. The van der Waals surface area contributed by atoms with Crippen molar-refractivity contribution in [3.63, 3.8) is 0 Å². The first-order chi connectivity index (χ1) is 9.20. The standard InChI is InChI=1S/C13H14O6/c1-16-13(15)10-7-17-11(19-10)8-18-12(14)9-5-3-2-4-6-9/h2-6,10-11H,7-8H2,1H3/t10-,11?/m0/s1. The van der Waals surface area contributed by atoms with Gasteiger partial charge >= 0.3 is 11.9 Å². The van der Waals surface area contributed by atoms with Crippen LogP contribution in [0.4, 0.5) is 0 Å². The second-order valence-corrected chi connectivity index (χ2v) is 3.88. The molecule has 6 nitrogen and oxygen atoms in total. The molecule has 0 aromatic heterocycles. The third kappa shape index (κ3) is 3.52. The summed E-state index contributed by atoms with van der Waals surface area (Å²) in [5, 5.41) is 0. The molecule has 1 aliphatic rings. The Kier molecular flexibility index (Phi) is 4.48. The molecule has 6 heteroatoms. The summed E-state index contributed by atoms with van der Waals surface area (Å²) in [5.41, 5.74) is 0.449. The molecule has 0 saturated carbocycles. The third-order valence-electron chi connectivity index (χ3n) is 2.57.